The lowest BCUT2D eigenvalue weighted by Gasteiger charge is -2.40. The first-order valence-electron chi connectivity index (χ1n) is 8.82. The van der Waals surface area contributed by atoms with Gasteiger partial charge in [0.15, 0.2) is 0 Å². The van der Waals surface area contributed by atoms with Crippen molar-refractivity contribution in [3.63, 3.8) is 0 Å². The van der Waals surface area contributed by atoms with Gasteiger partial charge in [-0.1, -0.05) is 0 Å². The molecule has 8 heteroatoms. The van der Waals surface area contributed by atoms with Crippen molar-refractivity contribution in [3.8, 4) is 0 Å². The minimum atomic E-state index is 0.392. The van der Waals surface area contributed by atoms with Crippen molar-refractivity contribution in [1.29, 1.82) is 0 Å². The van der Waals surface area contributed by atoms with Crippen LogP contribution in [0.4, 0.5) is 5.95 Å². The molecule has 3 rings (SSSR count). The molecule has 8 nitrogen and oxygen atoms in total. The summed E-state index contributed by atoms with van der Waals surface area (Å²) in [4.78, 5) is 11.0. The molecule has 1 saturated heterocycles. The molecular weight excluding hydrogens is 318 g/mol. The van der Waals surface area contributed by atoms with Crippen molar-refractivity contribution in [2.75, 3.05) is 46.2 Å². The lowest BCUT2D eigenvalue weighted by Crippen LogP contribution is -2.41. The molecule has 0 unspecified atom stereocenters. The number of likely N-dealkylation sites (tertiary alicyclic amines) is 1. The van der Waals surface area contributed by atoms with Crippen LogP contribution >= 0.6 is 0 Å². The van der Waals surface area contributed by atoms with Crippen LogP contribution in [0.25, 0.3) is 0 Å². The molecule has 0 spiro atoms. The molecule has 3 heterocycles. The van der Waals surface area contributed by atoms with Gasteiger partial charge in [-0.3, -0.25) is 14.5 Å². The zero-order chi connectivity index (χ0) is 18.0. The van der Waals surface area contributed by atoms with Crippen LogP contribution in [0.2, 0.25) is 0 Å². The summed E-state index contributed by atoms with van der Waals surface area (Å²) in [5, 5.41) is 8.35. The summed E-state index contributed by atoms with van der Waals surface area (Å²) in [6.45, 7) is 2.78. The summed E-state index contributed by atoms with van der Waals surface area (Å²) in [6.07, 6.45) is 4.34. The molecule has 0 aromatic carbocycles. The van der Waals surface area contributed by atoms with Crippen molar-refractivity contribution < 1.29 is 4.52 Å². The Labute approximate surface area is 149 Å². The Morgan fingerprint density at radius 3 is 2.72 bits per heavy atom. The normalized spacial score (nSPS) is 21.8. The molecule has 0 saturated carbocycles. The maximum absolute atomic E-state index is 5.36. The molecule has 2 aromatic rings. The highest BCUT2D eigenvalue weighted by atomic mass is 16.5. The molecule has 1 aliphatic rings. The number of piperidine rings is 1. The average Bonchev–Trinajstić information content (AvgIpc) is 3.17. The van der Waals surface area contributed by atoms with Gasteiger partial charge in [-0.15, -0.1) is 0 Å². The van der Waals surface area contributed by atoms with E-state index in [4.69, 9.17) is 4.52 Å². The zero-order valence-electron chi connectivity index (χ0n) is 15.9. The molecular formula is C17H29N7O. The first-order chi connectivity index (χ1) is 12.0. The summed E-state index contributed by atoms with van der Waals surface area (Å²) in [7, 11) is 10.2. The smallest absolute Gasteiger partial charge is 0.265 e. The van der Waals surface area contributed by atoms with Crippen LogP contribution in [-0.4, -0.2) is 71.0 Å². The highest BCUT2D eigenvalue weighted by Crippen LogP contribution is 2.35. The highest BCUT2D eigenvalue weighted by molar-refractivity contribution is 5.23. The molecule has 2 aromatic heterocycles. The van der Waals surface area contributed by atoms with E-state index < -0.39 is 0 Å². The summed E-state index contributed by atoms with van der Waals surface area (Å²) in [6, 6.07) is 2.53. The van der Waals surface area contributed by atoms with Crippen molar-refractivity contribution in [1.82, 2.24) is 29.7 Å². The molecule has 0 N–H and O–H groups in total. The van der Waals surface area contributed by atoms with Crippen LogP contribution in [0, 0.1) is 5.92 Å². The number of anilines is 1. The van der Waals surface area contributed by atoms with E-state index in [1.54, 1.807) is 0 Å². The molecule has 1 fully saturated rings. The Balaban J connectivity index is 1.67. The predicted molar refractivity (Wildman–Crippen MR) is 96.3 cm³/mol. The second-order valence-corrected chi connectivity index (χ2v) is 7.29. The lowest BCUT2D eigenvalue weighted by molar-refractivity contribution is 0.0844. The van der Waals surface area contributed by atoms with Crippen molar-refractivity contribution in [2.45, 2.75) is 25.4 Å². The van der Waals surface area contributed by atoms with E-state index >= 15 is 0 Å². The fraction of sp³-hybridized carbons (Fsp3) is 0.706. The number of nitrogens with zero attached hydrogens (tertiary/aromatic N) is 7. The van der Waals surface area contributed by atoms with Gasteiger partial charge in [-0.2, -0.15) is 10.1 Å². The third-order valence-electron chi connectivity index (χ3n) is 4.98. The SMILES string of the molecule is CN(Cc1nc(N(C)C)no1)C[C@@H]1CCCN(C)[C@H]1c1ccnn1C. The predicted octanol–water partition coefficient (Wildman–Crippen LogP) is 1.38. The number of aromatic nitrogens is 4. The molecule has 0 amide bonds. The van der Waals surface area contributed by atoms with Gasteiger partial charge in [0, 0.05) is 33.9 Å². The molecule has 2 atom stereocenters. The van der Waals surface area contributed by atoms with Crippen LogP contribution in [0.3, 0.4) is 0 Å². The zero-order valence-corrected chi connectivity index (χ0v) is 15.9. The van der Waals surface area contributed by atoms with Gasteiger partial charge in [0.2, 0.25) is 5.89 Å². The van der Waals surface area contributed by atoms with Crippen LogP contribution in [0.1, 0.15) is 30.5 Å². The first-order valence-corrected chi connectivity index (χ1v) is 8.82. The van der Waals surface area contributed by atoms with E-state index in [-0.39, 0.29) is 0 Å². The Morgan fingerprint density at radius 1 is 1.28 bits per heavy atom. The van der Waals surface area contributed by atoms with Gasteiger partial charge in [0.05, 0.1) is 18.3 Å². The van der Waals surface area contributed by atoms with Crippen LogP contribution in [0.5, 0.6) is 0 Å². The summed E-state index contributed by atoms with van der Waals surface area (Å²) >= 11 is 0. The highest BCUT2D eigenvalue weighted by Gasteiger charge is 2.33. The minimum Gasteiger partial charge on any atom is -0.344 e. The summed E-state index contributed by atoms with van der Waals surface area (Å²) in [5.41, 5.74) is 1.29. The molecule has 0 bridgehead atoms. The van der Waals surface area contributed by atoms with Gasteiger partial charge in [-0.05, 0) is 50.6 Å². The van der Waals surface area contributed by atoms with Crippen molar-refractivity contribution >= 4 is 5.95 Å². The quantitative estimate of drug-likeness (QED) is 0.782. The molecule has 25 heavy (non-hydrogen) atoms. The second kappa shape index (κ2) is 7.53. The topological polar surface area (TPSA) is 66.5 Å². The van der Waals surface area contributed by atoms with E-state index in [0.29, 0.717) is 30.3 Å². The summed E-state index contributed by atoms with van der Waals surface area (Å²) in [5.74, 6) is 1.83. The third kappa shape index (κ3) is 4.01. The average molecular weight is 347 g/mol. The lowest BCUT2D eigenvalue weighted by atomic mass is 9.87. The maximum Gasteiger partial charge on any atom is 0.265 e. The van der Waals surface area contributed by atoms with Gasteiger partial charge >= 0.3 is 0 Å². The van der Waals surface area contributed by atoms with E-state index in [1.807, 2.05) is 36.9 Å². The van der Waals surface area contributed by atoms with Crippen LogP contribution in [0.15, 0.2) is 16.8 Å². The number of hydrogen-bond acceptors (Lipinski definition) is 7. The Kier molecular flexibility index (Phi) is 5.39. The number of aryl methyl sites for hydroxylation is 1. The van der Waals surface area contributed by atoms with Crippen LogP contribution < -0.4 is 4.90 Å². The second-order valence-electron chi connectivity index (χ2n) is 7.29. The third-order valence-corrected chi connectivity index (χ3v) is 4.98. The fourth-order valence-corrected chi connectivity index (χ4v) is 3.78. The fourth-order valence-electron chi connectivity index (χ4n) is 3.78. The minimum absolute atomic E-state index is 0.392. The standard InChI is InChI=1S/C17H29N7O/c1-21(2)17-19-15(25-20-17)12-22(3)11-13-7-6-10-23(4)16(13)14-8-9-18-24(14)5/h8-9,13,16H,6-7,10-12H2,1-5H3/t13-,16+/m0/s1. The Hall–Kier alpha value is -1.93. The molecule has 1 aliphatic heterocycles. The molecule has 0 aliphatic carbocycles. The van der Waals surface area contributed by atoms with Gasteiger partial charge in [-0.25, -0.2) is 0 Å². The number of hydrogen-bond donors (Lipinski definition) is 0. The number of rotatable bonds is 6. The Morgan fingerprint density at radius 2 is 2.08 bits per heavy atom. The van der Waals surface area contributed by atoms with Gasteiger partial charge in [0.25, 0.3) is 5.95 Å². The maximum atomic E-state index is 5.36. The Bertz CT molecular complexity index is 680. The molecule has 0 radical (unpaired) electrons. The van der Waals surface area contributed by atoms with E-state index in [2.05, 4.69) is 45.2 Å². The summed E-state index contributed by atoms with van der Waals surface area (Å²) < 4.78 is 7.36. The monoisotopic (exact) mass is 347 g/mol. The largest absolute Gasteiger partial charge is 0.344 e. The first kappa shape index (κ1) is 17.9. The van der Waals surface area contributed by atoms with Gasteiger partial charge in [0.1, 0.15) is 0 Å². The van der Waals surface area contributed by atoms with Crippen molar-refractivity contribution in [3.05, 3.63) is 23.8 Å². The molecule has 138 valence electrons. The van der Waals surface area contributed by atoms with Crippen molar-refractivity contribution in [2.24, 2.45) is 13.0 Å². The van der Waals surface area contributed by atoms with Gasteiger partial charge < -0.3 is 9.42 Å². The van der Waals surface area contributed by atoms with Crippen LogP contribution in [-0.2, 0) is 13.6 Å². The van der Waals surface area contributed by atoms with E-state index in [0.717, 1.165) is 13.1 Å². The van der Waals surface area contributed by atoms with E-state index in [9.17, 15) is 0 Å². The van der Waals surface area contributed by atoms with E-state index in [1.165, 1.54) is 18.5 Å².